The average Bonchev–Trinajstić information content (AvgIpc) is 3.56. The van der Waals surface area contributed by atoms with Crippen LogP contribution in [0.2, 0.25) is 0 Å². The fourth-order valence-electron chi connectivity index (χ4n) is 6.14. The van der Waals surface area contributed by atoms with Crippen LogP contribution in [-0.4, -0.2) is 47.5 Å². The van der Waals surface area contributed by atoms with Crippen LogP contribution in [0.4, 0.5) is 4.79 Å². The molecular formula is C28H29N7O2. The fraction of sp³-hybridized carbons (Fsp3) is 0.393. The highest BCUT2D eigenvalue weighted by Gasteiger charge is 2.51. The van der Waals surface area contributed by atoms with Crippen molar-refractivity contribution in [2.45, 2.75) is 51.3 Å². The van der Waals surface area contributed by atoms with Gasteiger partial charge >= 0.3 is 6.09 Å². The van der Waals surface area contributed by atoms with E-state index >= 15 is 0 Å². The highest BCUT2D eigenvalue weighted by molar-refractivity contribution is 5.77. The normalized spacial score (nSPS) is 23.5. The van der Waals surface area contributed by atoms with Crippen molar-refractivity contribution in [1.82, 2.24) is 29.2 Å². The number of hydrogen-bond donors (Lipinski definition) is 0. The monoisotopic (exact) mass is 495 g/mol. The number of nitriles is 1. The number of fused-ring (bicyclic) bond motifs is 1. The van der Waals surface area contributed by atoms with Gasteiger partial charge in [0.15, 0.2) is 0 Å². The molecule has 1 saturated carbocycles. The lowest BCUT2D eigenvalue weighted by molar-refractivity contribution is -0.0270. The van der Waals surface area contributed by atoms with Gasteiger partial charge in [0, 0.05) is 31.5 Å². The second-order valence-corrected chi connectivity index (χ2v) is 10.9. The number of benzene rings is 1. The largest absolute Gasteiger partial charge is 0.441 e. The molecule has 37 heavy (non-hydrogen) atoms. The molecule has 9 heteroatoms. The van der Waals surface area contributed by atoms with E-state index in [4.69, 9.17) is 4.74 Å². The van der Waals surface area contributed by atoms with Crippen molar-refractivity contribution in [2.75, 3.05) is 6.54 Å². The molecular weight excluding hydrogens is 466 g/mol. The molecule has 4 heterocycles. The van der Waals surface area contributed by atoms with Gasteiger partial charge in [-0.3, -0.25) is 14.6 Å². The zero-order chi connectivity index (χ0) is 25.6. The molecule has 0 N–H and O–H groups in total. The van der Waals surface area contributed by atoms with E-state index in [0.717, 1.165) is 60.1 Å². The first-order chi connectivity index (χ1) is 17.8. The summed E-state index contributed by atoms with van der Waals surface area (Å²) in [5.41, 5.74) is 4.77. The summed E-state index contributed by atoms with van der Waals surface area (Å²) in [6, 6.07) is 11.8. The number of carbonyl (C=O) groups excluding carboxylic acids is 1. The third-order valence-electron chi connectivity index (χ3n) is 7.71. The summed E-state index contributed by atoms with van der Waals surface area (Å²) in [5, 5.41) is 13.6. The molecule has 1 spiro atoms. The highest BCUT2D eigenvalue weighted by Crippen LogP contribution is 2.47. The molecule has 0 radical (unpaired) electrons. The minimum Gasteiger partial charge on any atom is -0.441 e. The standard InChI is InChI=1S/C28H29N7O2/c1-27(17-35-19-31-24-5-4-20(12-29)10-25(24)35)7-3-8-28(16-27)18-34(26(36)37-28)15-23-11-21(6-9-30-23)22-13-32-33(2)14-22/h4-6,9-11,13-14,19H,3,7-8,15-18H2,1-2H3/t27-,28-/m0/s1. The summed E-state index contributed by atoms with van der Waals surface area (Å²) in [4.78, 5) is 23.8. The first kappa shape index (κ1) is 23.2. The van der Waals surface area contributed by atoms with E-state index in [1.807, 2.05) is 50.0 Å². The Bertz CT molecular complexity index is 1530. The lowest BCUT2D eigenvalue weighted by atomic mass is 9.68. The topological polar surface area (TPSA) is 102 Å². The van der Waals surface area contributed by atoms with Crippen LogP contribution in [0.3, 0.4) is 0 Å². The van der Waals surface area contributed by atoms with Crippen molar-refractivity contribution >= 4 is 17.1 Å². The molecule has 3 aromatic heterocycles. The third-order valence-corrected chi connectivity index (χ3v) is 7.71. The number of pyridine rings is 1. The Morgan fingerprint density at radius 1 is 1.16 bits per heavy atom. The van der Waals surface area contributed by atoms with E-state index in [-0.39, 0.29) is 11.5 Å². The van der Waals surface area contributed by atoms with Gasteiger partial charge in [0.2, 0.25) is 0 Å². The number of aromatic nitrogens is 5. The van der Waals surface area contributed by atoms with E-state index in [1.165, 1.54) is 0 Å². The SMILES string of the molecule is Cn1cc(-c2ccnc(CN3C[C@@]4(CCC[C@](C)(Cn5cnc6ccc(C#N)cc65)C4)OC3=O)c2)cn1. The van der Waals surface area contributed by atoms with Gasteiger partial charge in [-0.2, -0.15) is 10.4 Å². The zero-order valence-corrected chi connectivity index (χ0v) is 21.1. The number of imidazole rings is 1. The van der Waals surface area contributed by atoms with Crippen LogP contribution >= 0.6 is 0 Å². The average molecular weight is 496 g/mol. The summed E-state index contributed by atoms with van der Waals surface area (Å²) >= 11 is 0. The Balaban J connectivity index is 1.19. The van der Waals surface area contributed by atoms with Crippen molar-refractivity contribution < 1.29 is 9.53 Å². The molecule has 4 aromatic rings. The summed E-state index contributed by atoms with van der Waals surface area (Å²) in [6.07, 6.45) is 10.8. The number of hydrogen-bond acceptors (Lipinski definition) is 6. The van der Waals surface area contributed by atoms with Crippen LogP contribution in [0.1, 0.15) is 43.9 Å². The first-order valence-corrected chi connectivity index (χ1v) is 12.6. The molecule has 0 bridgehead atoms. The number of carbonyl (C=O) groups is 1. The molecule has 2 aliphatic rings. The molecule has 9 nitrogen and oxygen atoms in total. The molecule has 2 atom stereocenters. The third kappa shape index (κ3) is 4.44. The Morgan fingerprint density at radius 3 is 2.86 bits per heavy atom. The zero-order valence-electron chi connectivity index (χ0n) is 21.1. The maximum Gasteiger partial charge on any atom is 0.410 e. The molecule has 1 aliphatic carbocycles. The second-order valence-electron chi connectivity index (χ2n) is 10.9. The lowest BCUT2D eigenvalue weighted by Crippen LogP contribution is -2.44. The Labute approximate surface area is 215 Å². The van der Waals surface area contributed by atoms with E-state index in [0.29, 0.717) is 18.7 Å². The van der Waals surface area contributed by atoms with E-state index in [2.05, 4.69) is 32.6 Å². The molecule has 1 amide bonds. The van der Waals surface area contributed by atoms with Crippen molar-refractivity contribution in [3.63, 3.8) is 0 Å². The number of rotatable bonds is 5. The van der Waals surface area contributed by atoms with Gasteiger partial charge in [-0.1, -0.05) is 6.92 Å². The first-order valence-electron chi connectivity index (χ1n) is 12.6. The van der Waals surface area contributed by atoms with Crippen molar-refractivity contribution in [3.05, 3.63) is 66.5 Å². The van der Waals surface area contributed by atoms with E-state index in [1.54, 1.807) is 21.8 Å². The number of ether oxygens (including phenoxy) is 1. The minimum atomic E-state index is -0.501. The Morgan fingerprint density at radius 2 is 2.05 bits per heavy atom. The molecule has 1 aromatic carbocycles. The van der Waals surface area contributed by atoms with Crippen LogP contribution < -0.4 is 0 Å². The predicted octanol–water partition coefficient (Wildman–Crippen LogP) is 4.67. The van der Waals surface area contributed by atoms with Crippen LogP contribution in [0.25, 0.3) is 22.2 Å². The Hall–Kier alpha value is -4.19. The summed E-state index contributed by atoms with van der Waals surface area (Å²) in [5.74, 6) is 0. The van der Waals surface area contributed by atoms with Crippen molar-refractivity contribution in [1.29, 1.82) is 5.26 Å². The fourth-order valence-corrected chi connectivity index (χ4v) is 6.14. The second kappa shape index (κ2) is 8.73. The van der Waals surface area contributed by atoms with Gasteiger partial charge in [-0.05, 0) is 67.0 Å². The molecule has 188 valence electrons. The van der Waals surface area contributed by atoms with E-state index in [9.17, 15) is 10.1 Å². The van der Waals surface area contributed by atoms with Crippen molar-refractivity contribution in [2.24, 2.45) is 12.5 Å². The number of amides is 1. The van der Waals surface area contributed by atoms with Gasteiger partial charge in [0.25, 0.3) is 0 Å². The van der Waals surface area contributed by atoms with Gasteiger partial charge in [-0.25, -0.2) is 9.78 Å². The smallest absolute Gasteiger partial charge is 0.410 e. The van der Waals surface area contributed by atoms with Crippen molar-refractivity contribution in [3.8, 4) is 17.2 Å². The molecule has 2 fully saturated rings. The van der Waals surface area contributed by atoms with Crippen LogP contribution in [-0.2, 0) is 24.9 Å². The quantitative estimate of drug-likeness (QED) is 0.399. The molecule has 6 rings (SSSR count). The van der Waals surface area contributed by atoms with E-state index < -0.39 is 5.60 Å². The number of nitrogens with zero attached hydrogens (tertiary/aromatic N) is 7. The molecule has 0 unspecified atom stereocenters. The van der Waals surface area contributed by atoms with Crippen LogP contribution in [0.5, 0.6) is 0 Å². The van der Waals surface area contributed by atoms with Gasteiger partial charge in [0.05, 0.1) is 54.0 Å². The summed E-state index contributed by atoms with van der Waals surface area (Å²) < 4.78 is 10.0. The van der Waals surface area contributed by atoms with Gasteiger partial charge in [-0.15, -0.1) is 0 Å². The highest BCUT2D eigenvalue weighted by atomic mass is 16.6. The van der Waals surface area contributed by atoms with Crippen LogP contribution in [0, 0.1) is 16.7 Å². The maximum absolute atomic E-state index is 13.0. The predicted molar refractivity (Wildman–Crippen MR) is 137 cm³/mol. The molecule has 1 aliphatic heterocycles. The Kier molecular flexibility index (Phi) is 5.48. The minimum absolute atomic E-state index is 0.0662. The van der Waals surface area contributed by atoms with Gasteiger partial charge < -0.3 is 9.30 Å². The van der Waals surface area contributed by atoms with Gasteiger partial charge in [0.1, 0.15) is 5.60 Å². The lowest BCUT2D eigenvalue weighted by Gasteiger charge is -2.43. The van der Waals surface area contributed by atoms with Crippen LogP contribution in [0.15, 0.2) is 55.2 Å². The number of aryl methyl sites for hydroxylation is 1. The molecule has 1 saturated heterocycles. The summed E-state index contributed by atoms with van der Waals surface area (Å²) in [6.45, 7) is 3.99. The summed E-state index contributed by atoms with van der Waals surface area (Å²) in [7, 11) is 1.89. The maximum atomic E-state index is 13.0.